The van der Waals surface area contributed by atoms with Crippen LogP contribution in [-0.4, -0.2) is 11.8 Å². The molecule has 28 heavy (non-hydrogen) atoms. The molecule has 0 bridgehead atoms. The van der Waals surface area contributed by atoms with E-state index in [0.29, 0.717) is 5.02 Å². The summed E-state index contributed by atoms with van der Waals surface area (Å²) in [5, 5.41) is 0.616. The molecule has 5 heteroatoms. The van der Waals surface area contributed by atoms with E-state index in [2.05, 4.69) is 10.9 Å². The summed E-state index contributed by atoms with van der Waals surface area (Å²) < 4.78 is 0. The van der Waals surface area contributed by atoms with Crippen molar-refractivity contribution < 1.29 is 9.59 Å². The average molecular weight is 393 g/mol. The third-order valence-corrected chi connectivity index (χ3v) is 4.66. The van der Waals surface area contributed by atoms with Gasteiger partial charge in [0.05, 0.1) is 6.42 Å². The van der Waals surface area contributed by atoms with Crippen LogP contribution in [0.15, 0.2) is 84.9 Å². The van der Waals surface area contributed by atoms with E-state index < -0.39 is 0 Å². The Hall–Kier alpha value is -3.11. The summed E-state index contributed by atoms with van der Waals surface area (Å²) in [5.41, 5.74) is 7.93. The Morgan fingerprint density at radius 1 is 0.714 bits per heavy atom. The molecule has 2 amide bonds. The normalized spacial score (nSPS) is 10.5. The third-order valence-electron chi connectivity index (χ3n) is 4.41. The fourth-order valence-corrected chi connectivity index (χ4v) is 3.13. The molecule has 3 aromatic rings. The third kappa shape index (κ3) is 5.69. The molecule has 142 valence electrons. The van der Waals surface area contributed by atoms with Crippen molar-refractivity contribution in [2.45, 2.75) is 18.8 Å². The fraction of sp³-hybridized carbons (Fsp3) is 0.130. The van der Waals surface area contributed by atoms with Gasteiger partial charge in [-0.1, -0.05) is 84.4 Å². The Kier molecular flexibility index (Phi) is 6.82. The van der Waals surface area contributed by atoms with Crippen molar-refractivity contribution in [2.24, 2.45) is 0 Å². The standard InChI is InChI=1S/C23H21ClN2O2/c24-20-13-11-17(12-14-20)15-22(27)25-26-23(28)16-21(18-7-3-1-4-8-18)19-9-5-2-6-10-19/h1-14,21H,15-16H2,(H,25,27)(H,26,28). The second kappa shape index (κ2) is 9.72. The lowest BCUT2D eigenvalue weighted by molar-refractivity contribution is -0.128. The first-order valence-corrected chi connectivity index (χ1v) is 9.41. The van der Waals surface area contributed by atoms with Crippen LogP contribution in [0.25, 0.3) is 0 Å². The molecule has 0 aliphatic heterocycles. The van der Waals surface area contributed by atoms with Crippen molar-refractivity contribution in [3.63, 3.8) is 0 Å². The van der Waals surface area contributed by atoms with Crippen LogP contribution < -0.4 is 10.9 Å². The molecular weight excluding hydrogens is 372 g/mol. The molecule has 0 aliphatic rings. The van der Waals surface area contributed by atoms with Crippen LogP contribution in [0.4, 0.5) is 0 Å². The lowest BCUT2D eigenvalue weighted by atomic mass is 9.88. The van der Waals surface area contributed by atoms with Gasteiger partial charge in [0.15, 0.2) is 0 Å². The molecule has 0 saturated heterocycles. The maximum Gasteiger partial charge on any atom is 0.242 e. The monoisotopic (exact) mass is 392 g/mol. The molecule has 2 N–H and O–H groups in total. The lowest BCUT2D eigenvalue weighted by Gasteiger charge is -2.18. The predicted molar refractivity (Wildman–Crippen MR) is 111 cm³/mol. The van der Waals surface area contributed by atoms with Gasteiger partial charge in [0.1, 0.15) is 0 Å². The molecule has 0 saturated carbocycles. The summed E-state index contributed by atoms with van der Waals surface area (Å²) in [4.78, 5) is 24.5. The van der Waals surface area contributed by atoms with Crippen molar-refractivity contribution in [2.75, 3.05) is 0 Å². The maximum absolute atomic E-state index is 12.5. The fourth-order valence-electron chi connectivity index (χ4n) is 3.01. The molecule has 0 atom stereocenters. The van der Waals surface area contributed by atoms with Gasteiger partial charge in [-0.15, -0.1) is 0 Å². The van der Waals surface area contributed by atoms with Crippen molar-refractivity contribution in [3.8, 4) is 0 Å². The first-order valence-electron chi connectivity index (χ1n) is 9.04. The first-order chi connectivity index (χ1) is 13.6. The van der Waals surface area contributed by atoms with Crippen LogP contribution in [0.2, 0.25) is 5.02 Å². The Labute approximate surface area is 169 Å². The van der Waals surface area contributed by atoms with Gasteiger partial charge in [0, 0.05) is 17.4 Å². The SMILES string of the molecule is O=C(Cc1ccc(Cl)cc1)NNC(=O)CC(c1ccccc1)c1ccccc1. The van der Waals surface area contributed by atoms with Crippen LogP contribution >= 0.6 is 11.6 Å². The Morgan fingerprint density at radius 2 is 1.21 bits per heavy atom. The van der Waals surface area contributed by atoms with E-state index in [1.165, 1.54) is 0 Å². The van der Waals surface area contributed by atoms with Gasteiger partial charge >= 0.3 is 0 Å². The molecule has 0 aromatic heterocycles. The van der Waals surface area contributed by atoms with E-state index in [4.69, 9.17) is 11.6 Å². The number of amides is 2. The minimum atomic E-state index is -0.286. The molecule has 0 radical (unpaired) electrons. The zero-order chi connectivity index (χ0) is 19.8. The Balaban J connectivity index is 1.59. The minimum absolute atomic E-state index is 0.0874. The average Bonchev–Trinajstić information content (AvgIpc) is 2.73. The van der Waals surface area contributed by atoms with Crippen LogP contribution in [0.1, 0.15) is 29.0 Å². The molecule has 0 spiro atoms. The minimum Gasteiger partial charge on any atom is -0.273 e. The van der Waals surface area contributed by atoms with Crippen LogP contribution in [-0.2, 0) is 16.0 Å². The predicted octanol–water partition coefficient (Wildman–Crippen LogP) is 4.25. The number of rotatable bonds is 6. The zero-order valence-corrected chi connectivity index (χ0v) is 16.0. The number of hydrogen-bond acceptors (Lipinski definition) is 2. The van der Waals surface area contributed by atoms with E-state index in [-0.39, 0.29) is 30.6 Å². The highest BCUT2D eigenvalue weighted by molar-refractivity contribution is 6.30. The van der Waals surface area contributed by atoms with E-state index >= 15 is 0 Å². The van der Waals surface area contributed by atoms with Gasteiger partial charge in [0.2, 0.25) is 11.8 Å². The van der Waals surface area contributed by atoms with Crippen molar-refractivity contribution in [3.05, 3.63) is 107 Å². The summed E-state index contributed by atoms with van der Waals surface area (Å²) in [7, 11) is 0. The van der Waals surface area contributed by atoms with Gasteiger partial charge in [-0.2, -0.15) is 0 Å². The Bertz CT molecular complexity index is 873. The van der Waals surface area contributed by atoms with Gasteiger partial charge in [-0.05, 0) is 28.8 Å². The molecule has 0 heterocycles. The molecular formula is C23H21ClN2O2. The van der Waals surface area contributed by atoms with E-state index in [0.717, 1.165) is 16.7 Å². The molecule has 0 fully saturated rings. The number of hydrazine groups is 1. The van der Waals surface area contributed by atoms with E-state index in [1.807, 2.05) is 60.7 Å². The maximum atomic E-state index is 12.5. The van der Waals surface area contributed by atoms with Crippen LogP contribution in [0.5, 0.6) is 0 Å². The van der Waals surface area contributed by atoms with E-state index in [9.17, 15) is 9.59 Å². The van der Waals surface area contributed by atoms with Gasteiger partial charge in [-0.25, -0.2) is 0 Å². The van der Waals surface area contributed by atoms with Crippen molar-refractivity contribution in [1.29, 1.82) is 0 Å². The summed E-state index contributed by atoms with van der Waals surface area (Å²) >= 11 is 5.84. The van der Waals surface area contributed by atoms with Crippen LogP contribution in [0.3, 0.4) is 0 Å². The quantitative estimate of drug-likeness (QED) is 0.616. The lowest BCUT2D eigenvalue weighted by Crippen LogP contribution is -2.42. The highest BCUT2D eigenvalue weighted by Gasteiger charge is 2.18. The smallest absolute Gasteiger partial charge is 0.242 e. The van der Waals surface area contributed by atoms with Crippen molar-refractivity contribution in [1.82, 2.24) is 10.9 Å². The van der Waals surface area contributed by atoms with Crippen LogP contribution in [0, 0.1) is 0 Å². The largest absolute Gasteiger partial charge is 0.273 e. The van der Waals surface area contributed by atoms with E-state index in [1.54, 1.807) is 24.3 Å². The number of hydrogen-bond donors (Lipinski definition) is 2. The first kappa shape index (κ1) is 19.6. The molecule has 0 unspecified atom stereocenters. The Morgan fingerprint density at radius 3 is 1.75 bits per heavy atom. The number of halogens is 1. The number of carbonyl (C=O) groups excluding carboxylic acids is 2. The number of carbonyl (C=O) groups is 2. The summed E-state index contributed by atoms with van der Waals surface area (Å²) in [5.74, 6) is -0.621. The zero-order valence-electron chi connectivity index (χ0n) is 15.3. The second-order valence-corrected chi connectivity index (χ2v) is 6.91. The molecule has 0 aliphatic carbocycles. The topological polar surface area (TPSA) is 58.2 Å². The number of nitrogens with one attached hydrogen (secondary N) is 2. The summed E-state index contributed by atoms with van der Waals surface area (Å²) in [6.45, 7) is 0. The van der Waals surface area contributed by atoms with Gasteiger partial charge in [-0.3, -0.25) is 20.4 Å². The molecule has 4 nitrogen and oxygen atoms in total. The number of benzene rings is 3. The van der Waals surface area contributed by atoms with Gasteiger partial charge in [0.25, 0.3) is 0 Å². The molecule has 3 rings (SSSR count). The highest BCUT2D eigenvalue weighted by Crippen LogP contribution is 2.27. The molecule has 3 aromatic carbocycles. The highest BCUT2D eigenvalue weighted by atomic mass is 35.5. The van der Waals surface area contributed by atoms with Crippen molar-refractivity contribution >= 4 is 23.4 Å². The summed E-state index contributed by atoms with van der Waals surface area (Å²) in [6.07, 6.45) is 0.396. The van der Waals surface area contributed by atoms with Gasteiger partial charge < -0.3 is 0 Å². The second-order valence-electron chi connectivity index (χ2n) is 6.48. The summed E-state index contributed by atoms with van der Waals surface area (Å²) in [6, 6.07) is 26.8.